The van der Waals surface area contributed by atoms with E-state index in [2.05, 4.69) is 51.8 Å². The molecule has 104 valence electrons. The van der Waals surface area contributed by atoms with Crippen LogP contribution in [0.25, 0.3) is 0 Å². The fourth-order valence-corrected chi connectivity index (χ4v) is 2.50. The summed E-state index contributed by atoms with van der Waals surface area (Å²) in [7, 11) is 1.98. The van der Waals surface area contributed by atoms with Gasteiger partial charge in [-0.2, -0.15) is 5.10 Å². The summed E-state index contributed by atoms with van der Waals surface area (Å²) in [6.45, 7) is 8.02. The number of hydrogen-bond acceptors (Lipinski definition) is 3. The Morgan fingerprint density at radius 2 is 2.17 bits per heavy atom. The molecule has 0 aliphatic rings. The monoisotopic (exact) mass is 317 g/mol. The van der Waals surface area contributed by atoms with E-state index in [0.717, 1.165) is 30.5 Å². The van der Waals surface area contributed by atoms with E-state index >= 15 is 0 Å². The van der Waals surface area contributed by atoms with Crippen molar-refractivity contribution >= 4 is 15.9 Å². The first-order valence-electron chi connectivity index (χ1n) is 6.59. The second-order valence-electron chi connectivity index (χ2n) is 4.66. The molecule has 1 aromatic heterocycles. The summed E-state index contributed by atoms with van der Waals surface area (Å²) >= 11 is 3.59. The Balaban J connectivity index is 2.72. The Kier molecular flexibility index (Phi) is 6.89. The lowest BCUT2D eigenvalue weighted by Crippen LogP contribution is -2.23. The molecule has 1 aromatic rings. The molecule has 0 bridgehead atoms. The fraction of sp³-hybridized carbons (Fsp3) is 0.769. The predicted octanol–water partition coefficient (Wildman–Crippen LogP) is 3.30. The summed E-state index contributed by atoms with van der Waals surface area (Å²) < 4.78 is 8.69. The summed E-state index contributed by atoms with van der Waals surface area (Å²) in [4.78, 5) is 0. The maximum Gasteiger partial charge on any atom is 0.0699 e. The molecule has 0 amide bonds. The van der Waals surface area contributed by atoms with Crippen LogP contribution in [0.4, 0.5) is 0 Å². The molecule has 0 saturated carbocycles. The van der Waals surface area contributed by atoms with E-state index in [1.807, 2.05) is 13.2 Å². The molecule has 1 rings (SSSR count). The molecule has 0 fully saturated rings. The quantitative estimate of drug-likeness (QED) is 0.748. The molecule has 0 spiro atoms. The molecule has 0 radical (unpaired) electrons. The first-order valence-corrected chi connectivity index (χ1v) is 7.39. The van der Waals surface area contributed by atoms with Crippen LogP contribution in [0.5, 0.6) is 0 Å². The van der Waals surface area contributed by atoms with Crippen molar-refractivity contribution in [2.75, 3.05) is 20.3 Å². The van der Waals surface area contributed by atoms with Gasteiger partial charge < -0.3 is 10.1 Å². The average Bonchev–Trinajstić information content (AvgIpc) is 2.72. The number of nitrogens with one attached hydrogen (secondary N) is 1. The molecule has 1 atom stereocenters. The zero-order valence-electron chi connectivity index (χ0n) is 11.7. The predicted molar refractivity (Wildman–Crippen MR) is 77.8 cm³/mol. The molecule has 0 aliphatic carbocycles. The smallest absolute Gasteiger partial charge is 0.0699 e. The lowest BCUT2D eigenvalue weighted by Gasteiger charge is -2.20. The number of ether oxygens (including phenoxy) is 1. The molecule has 0 aliphatic heterocycles. The van der Waals surface area contributed by atoms with Crippen LogP contribution in [-0.4, -0.2) is 30.0 Å². The van der Waals surface area contributed by atoms with Crippen LogP contribution in [0.15, 0.2) is 10.7 Å². The SMILES string of the molecule is CCCOCCC(NC)c1c(Br)cnn1C(C)C. The average molecular weight is 318 g/mol. The van der Waals surface area contributed by atoms with Crippen molar-refractivity contribution in [1.82, 2.24) is 15.1 Å². The first-order chi connectivity index (χ1) is 8.61. The Hall–Kier alpha value is -0.390. The molecule has 18 heavy (non-hydrogen) atoms. The van der Waals surface area contributed by atoms with Crippen LogP contribution >= 0.6 is 15.9 Å². The van der Waals surface area contributed by atoms with E-state index < -0.39 is 0 Å². The van der Waals surface area contributed by atoms with Crippen LogP contribution < -0.4 is 5.32 Å². The van der Waals surface area contributed by atoms with Crippen LogP contribution in [-0.2, 0) is 4.74 Å². The lowest BCUT2D eigenvalue weighted by atomic mass is 10.1. The molecule has 1 heterocycles. The Morgan fingerprint density at radius 3 is 2.72 bits per heavy atom. The number of halogens is 1. The second-order valence-corrected chi connectivity index (χ2v) is 5.51. The van der Waals surface area contributed by atoms with E-state index in [9.17, 15) is 0 Å². The highest BCUT2D eigenvalue weighted by Gasteiger charge is 2.19. The van der Waals surface area contributed by atoms with E-state index in [-0.39, 0.29) is 6.04 Å². The van der Waals surface area contributed by atoms with Crippen molar-refractivity contribution in [2.45, 2.75) is 45.7 Å². The van der Waals surface area contributed by atoms with Crippen LogP contribution in [0, 0.1) is 0 Å². The van der Waals surface area contributed by atoms with Crippen molar-refractivity contribution in [2.24, 2.45) is 0 Å². The molecule has 1 unspecified atom stereocenters. The van der Waals surface area contributed by atoms with Gasteiger partial charge in [-0.05, 0) is 49.7 Å². The van der Waals surface area contributed by atoms with Crippen LogP contribution in [0.3, 0.4) is 0 Å². The minimum absolute atomic E-state index is 0.265. The molecular formula is C13H24BrN3O. The largest absolute Gasteiger partial charge is 0.381 e. The highest BCUT2D eigenvalue weighted by atomic mass is 79.9. The number of aromatic nitrogens is 2. The van der Waals surface area contributed by atoms with E-state index in [1.54, 1.807) is 0 Å². The third-order valence-electron chi connectivity index (χ3n) is 2.85. The summed E-state index contributed by atoms with van der Waals surface area (Å²) in [5.41, 5.74) is 1.20. The van der Waals surface area contributed by atoms with Gasteiger partial charge in [-0.15, -0.1) is 0 Å². The van der Waals surface area contributed by atoms with Crippen LogP contribution in [0.1, 0.15) is 51.4 Å². The third kappa shape index (κ3) is 4.07. The highest BCUT2D eigenvalue weighted by molar-refractivity contribution is 9.10. The van der Waals surface area contributed by atoms with Gasteiger partial charge in [0.2, 0.25) is 0 Å². The van der Waals surface area contributed by atoms with Gasteiger partial charge in [-0.1, -0.05) is 6.92 Å². The second kappa shape index (κ2) is 7.92. The number of nitrogens with zero attached hydrogens (tertiary/aromatic N) is 2. The molecule has 1 N–H and O–H groups in total. The standard InChI is InChI=1S/C13H24BrN3O/c1-5-7-18-8-6-12(15-4)13-11(14)9-16-17(13)10(2)3/h9-10,12,15H,5-8H2,1-4H3. The Morgan fingerprint density at radius 1 is 1.44 bits per heavy atom. The van der Waals surface area contributed by atoms with Crippen molar-refractivity contribution in [3.05, 3.63) is 16.4 Å². The minimum Gasteiger partial charge on any atom is -0.381 e. The summed E-state index contributed by atoms with van der Waals surface area (Å²) in [5.74, 6) is 0. The zero-order valence-corrected chi connectivity index (χ0v) is 13.3. The van der Waals surface area contributed by atoms with Gasteiger partial charge in [0, 0.05) is 19.3 Å². The maximum atomic E-state index is 5.57. The zero-order chi connectivity index (χ0) is 13.5. The molecule has 0 saturated heterocycles. The van der Waals surface area contributed by atoms with E-state index in [0.29, 0.717) is 6.04 Å². The number of hydrogen-bond donors (Lipinski definition) is 1. The van der Waals surface area contributed by atoms with Crippen molar-refractivity contribution < 1.29 is 4.74 Å². The van der Waals surface area contributed by atoms with Gasteiger partial charge in [0.15, 0.2) is 0 Å². The van der Waals surface area contributed by atoms with Gasteiger partial charge in [0.25, 0.3) is 0 Å². The fourth-order valence-electron chi connectivity index (χ4n) is 1.95. The Labute approximate surface area is 118 Å². The van der Waals surface area contributed by atoms with Gasteiger partial charge >= 0.3 is 0 Å². The van der Waals surface area contributed by atoms with E-state index in [4.69, 9.17) is 4.74 Å². The van der Waals surface area contributed by atoms with Crippen molar-refractivity contribution in [1.29, 1.82) is 0 Å². The lowest BCUT2D eigenvalue weighted by molar-refractivity contribution is 0.124. The molecule has 4 nitrogen and oxygen atoms in total. The van der Waals surface area contributed by atoms with Gasteiger partial charge in [-0.25, -0.2) is 0 Å². The van der Waals surface area contributed by atoms with Gasteiger partial charge in [0.1, 0.15) is 0 Å². The molecular weight excluding hydrogens is 294 g/mol. The molecule has 0 aromatic carbocycles. The topological polar surface area (TPSA) is 39.1 Å². The first kappa shape index (κ1) is 15.7. The third-order valence-corrected chi connectivity index (χ3v) is 3.46. The van der Waals surface area contributed by atoms with Crippen molar-refractivity contribution in [3.8, 4) is 0 Å². The summed E-state index contributed by atoms with van der Waals surface area (Å²) in [5, 5.41) is 7.76. The van der Waals surface area contributed by atoms with Crippen molar-refractivity contribution in [3.63, 3.8) is 0 Å². The van der Waals surface area contributed by atoms with E-state index in [1.165, 1.54) is 5.69 Å². The highest BCUT2D eigenvalue weighted by Crippen LogP contribution is 2.27. The molecule has 5 heteroatoms. The van der Waals surface area contributed by atoms with Gasteiger partial charge in [0.05, 0.1) is 22.4 Å². The summed E-state index contributed by atoms with van der Waals surface area (Å²) in [6, 6.07) is 0.625. The summed E-state index contributed by atoms with van der Waals surface area (Å²) in [6.07, 6.45) is 3.89. The maximum absolute atomic E-state index is 5.57. The number of rotatable bonds is 8. The van der Waals surface area contributed by atoms with Gasteiger partial charge in [-0.3, -0.25) is 4.68 Å². The normalized spacial score (nSPS) is 13.2. The van der Waals surface area contributed by atoms with Crippen LogP contribution in [0.2, 0.25) is 0 Å². The Bertz CT molecular complexity index is 352. The minimum atomic E-state index is 0.265.